The fraction of sp³-hybridized carbons (Fsp3) is 0.467. The first kappa shape index (κ1) is 15.4. The van der Waals surface area contributed by atoms with Crippen LogP contribution in [0.5, 0.6) is 0 Å². The largest absolute Gasteiger partial charge is 0.375 e. The Kier molecular flexibility index (Phi) is 4.57. The number of aryl methyl sites for hydroxylation is 1. The molecule has 1 heterocycles. The predicted octanol–water partition coefficient (Wildman–Crippen LogP) is 1.71. The molecule has 0 unspecified atom stereocenters. The number of carbonyl (C=O) groups is 2. The fourth-order valence-corrected chi connectivity index (χ4v) is 2.25. The van der Waals surface area contributed by atoms with E-state index in [1.807, 2.05) is 13.8 Å². The second kappa shape index (κ2) is 6.22. The molecule has 114 valence electrons. The molecule has 0 spiro atoms. The van der Waals surface area contributed by atoms with Crippen LogP contribution in [0.1, 0.15) is 19.4 Å². The van der Waals surface area contributed by atoms with Crippen LogP contribution >= 0.6 is 0 Å². The lowest BCUT2D eigenvalue weighted by Crippen LogP contribution is -2.54. The summed E-state index contributed by atoms with van der Waals surface area (Å²) in [6, 6.07) is 3.88. The number of benzene rings is 1. The SMILES string of the molecule is Cc1ccc(F)cc1NC(=O)C(=O)N1CCO[C@H](C)[C@H]1C. The third-order valence-corrected chi connectivity index (χ3v) is 3.79. The molecule has 0 aromatic heterocycles. The van der Waals surface area contributed by atoms with Crippen LogP contribution in [0.25, 0.3) is 0 Å². The molecule has 21 heavy (non-hydrogen) atoms. The fourth-order valence-electron chi connectivity index (χ4n) is 2.25. The van der Waals surface area contributed by atoms with E-state index in [1.54, 1.807) is 13.0 Å². The van der Waals surface area contributed by atoms with Crippen molar-refractivity contribution >= 4 is 17.5 Å². The van der Waals surface area contributed by atoms with Crippen LogP contribution in [-0.4, -0.2) is 42.0 Å². The van der Waals surface area contributed by atoms with Gasteiger partial charge >= 0.3 is 11.8 Å². The van der Waals surface area contributed by atoms with E-state index >= 15 is 0 Å². The molecule has 1 aliphatic heterocycles. The molecule has 0 saturated carbocycles. The summed E-state index contributed by atoms with van der Waals surface area (Å²) in [7, 11) is 0. The molecule has 6 heteroatoms. The van der Waals surface area contributed by atoms with Gasteiger partial charge in [0.1, 0.15) is 5.82 Å². The zero-order valence-electron chi connectivity index (χ0n) is 12.4. The molecule has 1 aromatic carbocycles. The quantitative estimate of drug-likeness (QED) is 0.802. The molecule has 0 radical (unpaired) electrons. The van der Waals surface area contributed by atoms with Crippen molar-refractivity contribution in [3.05, 3.63) is 29.6 Å². The molecular formula is C15H19FN2O3. The van der Waals surface area contributed by atoms with Gasteiger partial charge < -0.3 is 15.0 Å². The molecule has 1 aliphatic rings. The number of nitrogens with one attached hydrogen (secondary N) is 1. The molecular weight excluding hydrogens is 275 g/mol. The molecule has 5 nitrogen and oxygen atoms in total. The Morgan fingerprint density at radius 2 is 2.10 bits per heavy atom. The van der Waals surface area contributed by atoms with Gasteiger partial charge in [0.25, 0.3) is 0 Å². The third kappa shape index (κ3) is 3.39. The van der Waals surface area contributed by atoms with E-state index in [2.05, 4.69) is 5.32 Å². The van der Waals surface area contributed by atoms with Gasteiger partial charge in [-0.15, -0.1) is 0 Å². The third-order valence-electron chi connectivity index (χ3n) is 3.79. The average Bonchev–Trinajstić information content (AvgIpc) is 2.45. The summed E-state index contributed by atoms with van der Waals surface area (Å²) < 4.78 is 18.6. The minimum Gasteiger partial charge on any atom is -0.375 e. The van der Waals surface area contributed by atoms with Crippen molar-refractivity contribution in [2.24, 2.45) is 0 Å². The van der Waals surface area contributed by atoms with Crippen LogP contribution in [-0.2, 0) is 14.3 Å². The Bertz CT molecular complexity index is 562. The standard InChI is InChI=1S/C15H19FN2O3/c1-9-4-5-12(16)8-13(9)17-14(19)15(20)18-6-7-21-11(3)10(18)2/h4-5,8,10-11H,6-7H2,1-3H3,(H,17,19)/t10-,11-/m1/s1. The van der Waals surface area contributed by atoms with Gasteiger partial charge in [0, 0.05) is 12.2 Å². The lowest BCUT2D eigenvalue weighted by molar-refractivity contribution is -0.152. The van der Waals surface area contributed by atoms with E-state index in [0.717, 1.165) is 0 Å². The Morgan fingerprint density at radius 3 is 2.81 bits per heavy atom. The van der Waals surface area contributed by atoms with Crippen molar-refractivity contribution in [2.75, 3.05) is 18.5 Å². The Morgan fingerprint density at radius 1 is 1.38 bits per heavy atom. The van der Waals surface area contributed by atoms with Gasteiger partial charge in [-0.1, -0.05) is 6.07 Å². The number of hydrogen-bond donors (Lipinski definition) is 1. The van der Waals surface area contributed by atoms with E-state index in [4.69, 9.17) is 4.74 Å². The first-order valence-corrected chi connectivity index (χ1v) is 6.90. The summed E-state index contributed by atoms with van der Waals surface area (Å²) >= 11 is 0. The molecule has 1 N–H and O–H groups in total. The van der Waals surface area contributed by atoms with E-state index in [1.165, 1.54) is 17.0 Å². The molecule has 1 aromatic rings. The van der Waals surface area contributed by atoms with Crippen LogP contribution in [0.4, 0.5) is 10.1 Å². The average molecular weight is 294 g/mol. The number of rotatable bonds is 1. The van der Waals surface area contributed by atoms with Crippen LogP contribution < -0.4 is 5.32 Å². The molecule has 0 aliphatic carbocycles. The number of morpholine rings is 1. The van der Waals surface area contributed by atoms with Crippen molar-refractivity contribution in [3.8, 4) is 0 Å². The lowest BCUT2D eigenvalue weighted by Gasteiger charge is -2.37. The van der Waals surface area contributed by atoms with Gasteiger partial charge in [0.15, 0.2) is 0 Å². The molecule has 2 amide bonds. The van der Waals surface area contributed by atoms with Crippen molar-refractivity contribution < 1.29 is 18.7 Å². The van der Waals surface area contributed by atoms with Crippen molar-refractivity contribution in [1.29, 1.82) is 0 Å². The first-order valence-electron chi connectivity index (χ1n) is 6.90. The monoisotopic (exact) mass is 294 g/mol. The van der Waals surface area contributed by atoms with E-state index < -0.39 is 17.6 Å². The number of amides is 2. The zero-order chi connectivity index (χ0) is 15.6. The first-order chi connectivity index (χ1) is 9.90. The second-order valence-corrected chi connectivity index (χ2v) is 5.23. The van der Waals surface area contributed by atoms with Crippen LogP contribution in [0.3, 0.4) is 0 Å². The van der Waals surface area contributed by atoms with E-state index in [0.29, 0.717) is 24.4 Å². The normalized spacial score (nSPS) is 22.0. The highest BCUT2D eigenvalue weighted by Gasteiger charge is 2.32. The summed E-state index contributed by atoms with van der Waals surface area (Å²) in [6.07, 6.45) is -0.119. The molecule has 1 saturated heterocycles. The Hall–Kier alpha value is -1.95. The van der Waals surface area contributed by atoms with Crippen molar-refractivity contribution in [2.45, 2.75) is 32.9 Å². The number of ether oxygens (including phenoxy) is 1. The maximum atomic E-state index is 13.2. The molecule has 0 bridgehead atoms. The van der Waals surface area contributed by atoms with E-state index in [-0.39, 0.29) is 12.1 Å². The number of carbonyl (C=O) groups excluding carboxylic acids is 2. The van der Waals surface area contributed by atoms with Gasteiger partial charge in [-0.25, -0.2) is 4.39 Å². The topological polar surface area (TPSA) is 58.6 Å². The summed E-state index contributed by atoms with van der Waals surface area (Å²) in [5.74, 6) is -1.84. The minimum atomic E-state index is -0.760. The molecule has 2 rings (SSSR count). The van der Waals surface area contributed by atoms with Crippen LogP contribution in [0, 0.1) is 12.7 Å². The lowest BCUT2D eigenvalue weighted by atomic mass is 10.1. The summed E-state index contributed by atoms with van der Waals surface area (Å²) in [6.45, 7) is 6.21. The smallest absolute Gasteiger partial charge is 0.313 e. The highest BCUT2D eigenvalue weighted by molar-refractivity contribution is 6.39. The van der Waals surface area contributed by atoms with Gasteiger partial charge in [0.05, 0.1) is 18.8 Å². The number of hydrogen-bond acceptors (Lipinski definition) is 3. The molecule has 2 atom stereocenters. The zero-order valence-corrected chi connectivity index (χ0v) is 12.4. The minimum absolute atomic E-state index is 0.119. The van der Waals surface area contributed by atoms with Crippen molar-refractivity contribution in [1.82, 2.24) is 4.90 Å². The summed E-state index contributed by atoms with van der Waals surface area (Å²) in [4.78, 5) is 25.8. The maximum Gasteiger partial charge on any atom is 0.313 e. The van der Waals surface area contributed by atoms with Crippen molar-refractivity contribution in [3.63, 3.8) is 0 Å². The second-order valence-electron chi connectivity index (χ2n) is 5.23. The number of anilines is 1. The Balaban J connectivity index is 2.09. The highest BCUT2D eigenvalue weighted by Crippen LogP contribution is 2.17. The number of halogens is 1. The highest BCUT2D eigenvalue weighted by atomic mass is 19.1. The van der Waals surface area contributed by atoms with Crippen LogP contribution in [0.2, 0.25) is 0 Å². The van der Waals surface area contributed by atoms with Gasteiger partial charge in [0.2, 0.25) is 0 Å². The van der Waals surface area contributed by atoms with E-state index in [9.17, 15) is 14.0 Å². The molecule has 1 fully saturated rings. The van der Waals surface area contributed by atoms with Gasteiger partial charge in [-0.05, 0) is 38.5 Å². The predicted molar refractivity (Wildman–Crippen MR) is 76.4 cm³/mol. The van der Waals surface area contributed by atoms with Crippen LogP contribution in [0.15, 0.2) is 18.2 Å². The van der Waals surface area contributed by atoms with Gasteiger partial charge in [-0.3, -0.25) is 9.59 Å². The Labute approximate surface area is 123 Å². The maximum absolute atomic E-state index is 13.2. The summed E-state index contributed by atoms with van der Waals surface area (Å²) in [5, 5.41) is 2.47. The van der Waals surface area contributed by atoms with Gasteiger partial charge in [-0.2, -0.15) is 0 Å². The number of nitrogens with zero attached hydrogens (tertiary/aromatic N) is 1. The summed E-state index contributed by atoms with van der Waals surface area (Å²) in [5.41, 5.74) is 1.00.